The van der Waals surface area contributed by atoms with Crippen molar-refractivity contribution in [1.29, 1.82) is 0 Å². The zero-order chi connectivity index (χ0) is 11.4. The number of aliphatic carboxylic acids is 1. The second-order valence-corrected chi connectivity index (χ2v) is 4.00. The number of carboxylic acid groups (broad SMARTS) is 1. The summed E-state index contributed by atoms with van der Waals surface area (Å²) < 4.78 is 4.94. The predicted octanol–water partition coefficient (Wildman–Crippen LogP) is -0.271. The standard InChI is InChI=1S/C9H17NO4.K.H/c1-9(2,3)14-8(13)6(4-5-10)7(11)12;;/h6H,4-5,10H2,1-3H3,(H,11,12);;. The number of carbonyl (C=O) groups is 2. The Morgan fingerprint density at radius 1 is 1.40 bits per heavy atom. The van der Waals surface area contributed by atoms with E-state index in [0.717, 1.165) is 0 Å². The van der Waals surface area contributed by atoms with Gasteiger partial charge in [0.1, 0.15) is 5.60 Å². The van der Waals surface area contributed by atoms with Crippen LogP contribution in [0, 0.1) is 5.92 Å². The van der Waals surface area contributed by atoms with Gasteiger partial charge < -0.3 is 15.6 Å². The van der Waals surface area contributed by atoms with E-state index >= 15 is 0 Å². The third-order valence-electron chi connectivity index (χ3n) is 1.44. The van der Waals surface area contributed by atoms with Crippen LogP contribution in [0.1, 0.15) is 27.2 Å². The molecular formula is C9H18KNO4. The molecule has 0 spiro atoms. The third-order valence-corrected chi connectivity index (χ3v) is 1.44. The number of esters is 1. The Labute approximate surface area is 132 Å². The van der Waals surface area contributed by atoms with Crippen LogP contribution in [0.15, 0.2) is 0 Å². The molecular weight excluding hydrogens is 225 g/mol. The molecule has 1 unspecified atom stereocenters. The van der Waals surface area contributed by atoms with Crippen molar-refractivity contribution in [2.24, 2.45) is 11.7 Å². The molecule has 0 aliphatic heterocycles. The van der Waals surface area contributed by atoms with Crippen molar-refractivity contribution < 1.29 is 19.4 Å². The van der Waals surface area contributed by atoms with Crippen LogP contribution in [0.5, 0.6) is 0 Å². The van der Waals surface area contributed by atoms with Crippen LogP contribution in [-0.4, -0.2) is 80.6 Å². The molecule has 0 aromatic rings. The summed E-state index contributed by atoms with van der Waals surface area (Å²) in [4.78, 5) is 22.0. The van der Waals surface area contributed by atoms with Crippen molar-refractivity contribution in [3.05, 3.63) is 0 Å². The van der Waals surface area contributed by atoms with Crippen LogP contribution in [0.4, 0.5) is 0 Å². The summed E-state index contributed by atoms with van der Waals surface area (Å²) in [6.45, 7) is 5.21. The minimum absolute atomic E-state index is 0. The number of hydrogen-bond acceptors (Lipinski definition) is 4. The first kappa shape index (κ1) is 17.9. The van der Waals surface area contributed by atoms with Crippen LogP contribution in [0.2, 0.25) is 0 Å². The van der Waals surface area contributed by atoms with Gasteiger partial charge in [0.15, 0.2) is 5.92 Å². The molecule has 0 aromatic carbocycles. The van der Waals surface area contributed by atoms with Crippen LogP contribution in [0.3, 0.4) is 0 Å². The number of nitrogens with two attached hydrogens (primary N) is 1. The second kappa shape index (κ2) is 7.75. The van der Waals surface area contributed by atoms with Crippen molar-refractivity contribution in [2.75, 3.05) is 6.54 Å². The number of carbonyl (C=O) groups excluding carboxylic acids is 1. The molecule has 0 radical (unpaired) electrons. The maximum absolute atomic E-state index is 11.3. The van der Waals surface area contributed by atoms with Crippen molar-refractivity contribution in [3.8, 4) is 0 Å². The van der Waals surface area contributed by atoms with E-state index in [4.69, 9.17) is 15.6 Å². The average molecular weight is 243 g/mol. The van der Waals surface area contributed by atoms with E-state index in [0.29, 0.717) is 0 Å². The quantitative estimate of drug-likeness (QED) is 0.403. The van der Waals surface area contributed by atoms with E-state index in [1.54, 1.807) is 20.8 Å². The van der Waals surface area contributed by atoms with Crippen LogP contribution in [-0.2, 0) is 14.3 Å². The molecule has 0 heterocycles. The van der Waals surface area contributed by atoms with Gasteiger partial charge in [-0.05, 0) is 33.7 Å². The molecule has 0 amide bonds. The summed E-state index contributed by atoms with van der Waals surface area (Å²) in [6.07, 6.45) is 0.101. The van der Waals surface area contributed by atoms with E-state index in [2.05, 4.69) is 0 Å². The summed E-state index contributed by atoms with van der Waals surface area (Å²) in [7, 11) is 0. The van der Waals surface area contributed by atoms with Crippen molar-refractivity contribution in [3.63, 3.8) is 0 Å². The molecule has 0 fully saturated rings. The van der Waals surface area contributed by atoms with Gasteiger partial charge in [0.25, 0.3) is 0 Å². The van der Waals surface area contributed by atoms with Gasteiger partial charge >= 0.3 is 63.3 Å². The zero-order valence-electron chi connectivity index (χ0n) is 8.74. The molecule has 5 nitrogen and oxygen atoms in total. The molecule has 0 aliphatic rings. The summed E-state index contributed by atoms with van der Waals surface area (Å²) in [5, 5.41) is 8.72. The zero-order valence-corrected chi connectivity index (χ0v) is 8.74. The van der Waals surface area contributed by atoms with E-state index in [9.17, 15) is 9.59 Å². The number of carboxylic acids is 1. The second-order valence-electron chi connectivity index (χ2n) is 4.00. The topological polar surface area (TPSA) is 89.6 Å². The number of hydrogen-bond donors (Lipinski definition) is 2. The Hall–Kier alpha value is 0.536. The molecule has 0 saturated carbocycles. The van der Waals surface area contributed by atoms with Crippen molar-refractivity contribution in [2.45, 2.75) is 32.8 Å². The van der Waals surface area contributed by atoms with Crippen LogP contribution < -0.4 is 5.73 Å². The fraction of sp³-hybridized carbons (Fsp3) is 0.778. The Kier molecular flexibility index (Phi) is 9.26. The van der Waals surface area contributed by atoms with Gasteiger partial charge in [0.2, 0.25) is 0 Å². The van der Waals surface area contributed by atoms with Gasteiger partial charge in [-0.1, -0.05) is 0 Å². The Bertz CT molecular complexity index is 225. The molecule has 0 rings (SSSR count). The van der Waals surface area contributed by atoms with E-state index in [-0.39, 0.29) is 64.4 Å². The van der Waals surface area contributed by atoms with Gasteiger partial charge in [-0.3, -0.25) is 9.59 Å². The molecule has 84 valence electrons. The van der Waals surface area contributed by atoms with Gasteiger partial charge in [-0.25, -0.2) is 0 Å². The predicted molar refractivity (Wildman–Crippen MR) is 57.8 cm³/mol. The van der Waals surface area contributed by atoms with Gasteiger partial charge in [-0.2, -0.15) is 0 Å². The molecule has 1 atom stereocenters. The molecule has 0 saturated heterocycles. The average Bonchev–Trinajstić information content (AvgIpc) is 1.95. The first-order chi connectivity index (χ1) is 6.28. The summed E-state index contributed by atoms with van der Waals surface area (Å²) in [5.74, 6) is -3.07. The fourth-order valence-electron chi connectivity index (χ4n) is 0.882. The first-order valence-corrected chi connectivity index (χ1v) is 4.43. The number of ether oxygens (including phenoxy) is 1. The van der Waals surface area contributed by atoms with E-state index in [1.165, 1.54) is 0 Å². The van der Waals surface area contributed by atoms with E-state index in [1.807, 2.05) is 0 Å². The van der Waals surface area contributed by atoms with Crippen molar-refractivity contribution >= 4 is 63.3 Å². The minimum atomic E-state index is -1.19. The number of rotatable bonds is 4. The Balaban J connectivity index is 0. The van der Waals surface area contributed by atoms with Crippen LogP contribution in [0.25, 0.3) is 0 Å². The summed E-state index contributed by atoms with van der Waals surface area (Å²) in [5.41, 5.74) is 4.53. The normalized spacial score (nSPS) is 12.5. The van der Waals surface area contributed by atoms with E-state index < -0.39 is 23.5 Å². The Morgan fingerprint density at radius 3 is 2.13 bits per heavy atom. The Morgan fingerprint density at radius 2 is 1.87 bits per heavy atom. The van der Waals surface area contributed by atoms with Crippen molar-refractivity contribution in [1.82, 2.24) is 0 Å². The third kappa shape index (κ3) is 8.35. The molecule has 0 aliphatic carbocycles. The SMILES string of the molecule is CC(C)(C)OC(=O)C(CCN)C(=O)O.[KH]. The molecule has 6 heteroatoms. The fourth-order valence-corrected chi connectivity index (χ4v) is 0.882. The van der Waals surface area contributed by atoms with Gasteiger partial charge in [0.05, 0.1) is 0 Å². The molecule has 3 N–H and O–H groups in total. The molecule has 0 aromatic heterocycles. The van der Waals surface area contributed by atoms with Crippen LogP contribution >= 0.6 is 0 Å². The molecule has 0 bridgehead atoms. The van der Waals surface area contributed by atoms with Gasteiger partial charge in [-0.15, -0.1) is 0 Å². The van der Waals surface area contributed by atoms with Gasteiger partial charge in [0, 0.05) is 0 Å². The first-order valence-electron chi connectivity index (χ1n) is 4.43. The maximum atomic E-state index is 11.3. The summed E-state index contributed by atoms with van der Waals surface area (Å²) >= 11 is 0. The summed E-state index contributed by atoms with van der Waals surface area (Å²) in [6, 6.07) is 0. The monoisotopic (exact) mass is 243 g/mol. The molecule has 15 heavy (non-hydrogen) atoms.